The molecule has 0 aliphatic heterocycles. The van der Waals surface area contributed by atoms with E-state index in [-0.39, 0.29) is 11.7 Å². The van der Waals surface area contributed by atoms with Gasteiger partial charge in [0.25, 0.3) is 0 Å². The average Bonchev–Trinajstić information content (AvgIpc) is 2.51. The lowest BCUT2D eigenvalue weighted by atomic mass is 10.1. The average molecular weight is 280 g/mol. The molecule has 1 heterocycles. The summed E-state index contributed by atoms with van der Waals surface area (Å²) in [5.41, 5.74) is 2.92. The lowest BCUT2D eigenvalue weighted by molar-refractivity contribution is 0.443. The van der Waals surface area contributed by atoms with Crippen LogP contribution in [0.25, 0.3) is 11.3 Å². The van der Waals surface area contributed by atoms with Crippen LogP contribution in [-0.2, 0) is 6.42 Å². The molecule has 4 heteroatoms. The van der Waals surface area contributed by atoms with Gasteiger partial charge in [-0.1, -0.05) is 30.3 Å². The van der Waals surface area contributed by atoms with Crippen molar-refractivity contribution in [2.45, 2.75) is 6.42 Å². The number of hydrogen-bond acceptors (Lipinski definition) is 3. The quantitative estimate of drug-likeness (QED) is 0.797. The van der Waals surface area contributed by atoms with Crippen LogP contribution in [0.15, 0.2) is 60.8 Å². The molecule has 1 aromatic heterocycles. The van der Waals surface area contributed by atoms with Crippen LogP contribution in [0.5, 0.6) is 5.88 Å². The Morgan fingerprint density at radius 1 is 0.952 bits per heavy atom. The number of benzene rings is 2. The molecule has 0 aliphatic rings. The van der Waals surface area contributed by atoms with Gasteiger partial charge >= 0.3 is 0 Å². The minimum atomic E-state index is -0.296. The highest BCUT2D eigenvalue weighted by molar-refractivity contribution is 5.58. The number of hydrogen-bond donors (Lipinski definition) is 1. The van der Waals surface area contributed by atoms with E-state index in [0.29, 0.717) is 17.8 Å². The van der Waals surface area contributed by atoms with Crippen molar-refractivity contribution < 1.29 is 9.50 Å². The summed E-state index contributed by atoms with van der Waals surface area (Å²) in [6, 6.07) is 15.8. The minimum absolute atomic E-state index is 0.0790. The highest BCUT2D eigenvalue weighted by Gasteiger charge is 2.09. The fourth-order valence-electron chi connectivity index (χ4n) is 2.09. The van der Waals surface area contributed by atoms with E-state index in [2.05, 4.69) is 9.97 Å². The van der Waals surface area contributed by atoms with Gasteiger partial charge in [-0.05, 0) is 29.8 Å². The van der Waals surface area contributed by atoms with Crippen LogP contribution < -0.4 is 0 Å². The second-order valence-electron chi connectivity index (χ2n) is 4.69. The predicted molar refractivity (Wildman–Crippen MR) is 78.3 cm³/mol. The van der Waals surface area contributed by atoms with Crippen LogP contribution in [0.3, 0.4) is 0 Å². The molecule has 0 spiro atoms. The molecule has 0 radical (unpaired) electrons. The molecular formula is C17H13FN2O. The van der Waals surface area contributed by atoms with Crippen molar-refractivity contribution in [1.29, 1.82) is 0 Å². The topological polar surface area (TPSA) is 46.0 Å². The number of rotatable bonds is 3. The van der Waals surface area contributed by atoms with Crippen LogP contribution in [0.1, 0.15) is 11.3 Å². The van der Waals surface area contributed by atoms with Gasteiger partial charge in [0.2, 0.25) is 5.88 Å². The second-order valence-corrected chi connectivity index (χ2v) is 4.69. The maximum Gasteiger partial charge on any atom is 0.233 e. The number of nitrogens with zero attached hydrogens (tertiary/aromatic N) is 2. The van der Waals surface area contributed by atoms with Crippen LogP contribution in [0.4, 0.5) is 4.39 Å². The van der Waals surface area contributed by atoms with E-state index < -0.39 is 0 Å². The Balaban J connectivity index is 1.94. The fourth-order valence-corrected chi connectivity index (χ4v) is 2.09. The lowest BCUT2D eigenvalue weighted by Gasteiger charge is -2.06. The Hall–Kier alpha value is -2.75. The number of halogens is 1. The molecule has 104 valence electrons. The van der Waals surface area contributed by atoms with Gasteiger partial charge < -0.3 is 5.11 Å². The third-order valence-electron chi connectivity index (χ3n) is 3.18. The smallest absolute Gasteiger partial charge is 0.233 e. The maximum absolute atomic E-state index is 13.0. The molecular weight excluding hydrogens is 267 g/mol. The Morgan fingerprint density at radius 2 is 1.67 bits per heavy atom. The first kappa shape index (κ1) is 13.2. The summed E-state index contributed by atoms with van der Waals surface area (Å²) in [4.78, 5) is 8.41. The van der Waals surface area contributed by atoms with Crippen LogP contribution in [0, 0.1) is 5.82 Å². The monoisotopic (exact) mass is 280 g/mol. The van der Waals surface area contributed by atoms with Gasteiger partial charge in [0.1, 0.15) is 11.5 Å². The van der Waals surface area contributed by atoms with Gasteiger partial charge in [-0.15, -0.1) is 0 Å². The van der Waals surface area contributed by atoms with Crippen molar-refractivity contribution in [3.8, 4) is 17.1 Å². The maximum atomic E-state index is 13.0. The highest BCUT2D eigenvalue weighted by atomic mass is 19.1. The standard InChI is InChI=1S/C17H13FN2O/c18-14-8-6-13(7-9-14)16-11-19-17(21)15(20-16)10-12-4-2-1-3-5-12/h1-9,11H,10H2,(H,19,21). The van der Waals surface area contributed by atoms with Crippen molar-refractivity contribution in [3.63, 3.8) is 0 Å². The minimum Gasteiger partial charge on any atom is -0.492 e. The zero-order valence-corrected chi connectivity index (χ0v) is 11.2. The van der Waals surface area contributed by atoms with Gasteiger partial charge in [0.15, 0.2) is 0 Å². The zero-order valence-electron chi connectivity index (χ0n) is 11.2. The van der Waals surface area contributed by atoms with Gasteiger partial charge in [-0.3, -0.25) is 0 Å². The van der Waals surface area contributed by atoms with Crippen molar-refractivity contribution in [2.75, 3.05) is 0 Å². The largest absolute Gasteiger partial charge is 0.492 e. The molecule has 0 atom stereocenters. The van der Waals surface area contributed by atoms with E-state index in [1.54, 1.807) is 12.1 Å². The van der Waals surface area contributed by atoms with Crippen molar-refractivity contribution >= 4 is 0 Å². The van der Waals surface area contributed by atoms with Crippen molar-refractivity contribution in [2.24, 2.45) is 0 Å². The van der Waals surface area contributed by atoms with E-state index in [9.17, 15) is 9.50 Å². The summed E-state index contributed by atoms with van der Waals surface area (Å²) in [6.07, 6.45) is 1.98. The Kier molecular flexibility index (Phi) is 3.60. The molecule has 0 saturated heterocycles. The van der Waals surface area contributed by atoms with Gasteiger partial charge in [-0.25, -0.2) is 14.4 Å². The Bertz CT molecular complexity index is 742. The molecule has 0 saturated carbocycles. The first-order chi connectivity index (χ1) is 10.2. The summed E-state index contributed by atoms with van der Waals surface area (Å²) in [5.74, 6) is -0.375. The Labute approximate surface area is 121 Å². The summed E-state index contributed by atoms with van der Waals surface area (Å²) >= 11 is 0. The molecule has 0 fully saturated rings. The zero-order chi connectivity index (χ0) is 14.7. The van der Waals surface area contributed by atoms with Crippen LogP contribution in [0.2, 0.25) is 0 Å². The first-order valence-electron chi connectivity index (χ1n) is 6.57. The predicted octanol–water partition coefficient (Wildman–Crippen LogP) is 3.58. The van der Waals surface area contributed by atoms with E-state index in [1.807, 2.05) is 30.3 Å². The Morgan fingerprint density at radius 3 is 2.38 bits per heavy atom. The summed E-state index contributed by atoms with van der Waals surface area (Å²) in [6.45, 7) is 0. The highest BCUT2D eigenvalue weighted by Crippen LogP contribution is 2.22. The first-order valence-corrected chi connectivity index (χ1v) is 6.57. The summed E-state index contributed by atoms with van der Waals surface area (Å²) in [5, 5.41) is 9.85. The van der Waals surface area contributed by atoms with Crippen molar-refractivity contribution in [3.05, 3.63) is 77.9 Å². The lowest BCUT2D eigenvalue weighted by Crippen LogP contribution is -1.97. The molecule has 3 nitrogen and oxygen atoms in total. The number of aromatic hydroxyl groups is 1. The molecule has 3 aromatic rings. The SMILES string of the molecule is Oc1ncc(-c2ccc(F)cc2)nc1Cc1ccccc1. The van der Waals surface area contributed by atoms with Crippen molar-refractivity contribution in [1.82, 2.24) is 9.97 Å². The molecule has 0 amide bonds. The molecule has 0 unspecified atom stereocenters. The second kappa shape index (κ2) is 5.71. The van der Waals surface area contributed by atoms with E-state index >= 15 is 0 Å². The van der Waals surface area contributed by atoms with Gasteiger partial charge in [0, 0.05) is 12.0 Å². The van der Waals surface area contributed by atoms with Crippen LogP contribution in [-0.4, -0.2) is 15.1 Å². The van der Waals surface area contributed by atoms with Gasteiger partial charge in [0.05, 0.1) is 11.9 Å². The molecule has 2 aromatic carbocycles. The third kappa shape index (κ3) is 3.05. The normalized spacial score (nSPS) is 10.5. The fraction of sp³-hybridized carbons (Fsp3) is 0.0588. The molecule has 1 N–H and O–H groups in total. The molecule has 0 bridgehead atoms. The van der Waals surface area contributed by atoms with E-state index in [4.69, 9.17) is 0 Å². The van der Waals surface area contributed by atoms with E-state index in [1.165, 1.54) is 18.3 Å². The summed E-state index contributed by atoms with van der Waals surface area (Å²) in [7, 11) is 0. The third-order valence-corrected chi connectivity index (χ3v) is 3.18. The molecule has 3 rings (SSSR count). The van der Waals surface area contributed by atoms with Crippen LogP contribution >= 0.6 is 0 Å². The molecule has 0 aliphatic carbocycles. The summed E-state index contributed by atoms with van der Waals surface area (Å²) < 4.78 is 13.0. The molecule has 21 heavy (non-hydrogen) atoms. The number of aromatic nitrogens is 2. The van der Waals surface area contributed by atoms with Gasteiger partial charge in [-0.2, -0.15) is 0 Å². The van der Waals surface area contributed by atoms with E-state index in [0.717, 1.165) is 11.1 Å².